The molecule has 0 aliphatic heterocycles. The van der Waals surface area contributed by atoms with E-state index in [4.69, 9.17) is 13.9 Å². The van der Waals surface area contributed by atoms with Crippen LogP contribution in [0.1, 0.15) is 31.9 Å². The smallest absolute Gasteiger partial charge is 0.208 e. The van der Waals surface area contributed by atoms with Crippen LogP contribution in [0.2, 0.25) is 0 Å². The van der Waals surface area contributed by atoms with E-state index in [9.17, 15) is 0 Å². The zero-order chi connectivity index (χ0) is 12.7. The fourth-order valence-corrected chi connectivity index (χ4v) is 1.43. The van der Waals surface area contributed by atoms with E-state index in [-0.39, 0.29) is 0 Å². The van der Waals surface area contributed by atoms with Crippen LogP contribution >= 0.6 is 0 Å². The van der Waals surface area contributed by atoms with Crippen molar-refractivity contribution in [1.29, 1.82) is 0 Å². The van der Waals surface area contributed by atoms with Crippen molar-refractivity contribution in [3.05, 3.63) is 17.8 Å². The van der Waals surface area contributed by atoms with Gasteiger partial charge in [-0.15, -0.1) is 0 Å². The zero-order valence-electron chi connectivity index (χ0n) is 11.1. The normalized spacial score (nSPS) is 14.8. The van der Waals surface area contributed by atoms with E-state index in [0.717, 1.165) is 18.7 Å². The monoisotopic (exact) mass is 242 g/mol. The average molecular weight is 242 g/mol. The summed E-state index contributed by atoms with van der Waals surface area (Å²) in [5.74, 6) is 1.44. The van der Waals surface area contributed by atoms with Crippen molar-refractivity contribution in [1.82, 2.24) is 10.3 Å². The molecule has 1 heterocycles. The van der Waals surface area contributed by atoms with Crippen molar-refractivity contribution < 1.29 is 13.9 Å². The molecule has 0 aliphatic carbocycles. The number of nitrogens with zero attached hydrogens (tertiary/aromatic N) is 1. The first kappa shape index (κ1) is 14.2. The van der Waals surface area contributed by atoms with E-state index in [2.05, 4.69) is 17.2 Å². The Bertz CT molecular complexity index is 321. The summed E-state index contributed by atoms with van der Waals surface area (Å²) in [7, 11) is 3.36. The Kier molecular flexibility index (Phi) is 5.61. The molecule has 1 aromatic rings. The summed E-state index contributed by atoms with van der Waals surface area (Å²) in [6, 6.07) is 0. The van der Waals surface area contributed by atoms with Crippen molar-refractivity contribution in [2.75, 3.05) is 27.4 Å². The predicted molar refractivity (Wildman–Crippen MR) is 64.7 cm³/mol. The van der Waals surface area contributed by atoms with E-state index < -0.39 is 5.60 Å². The van der Waals surface area contributed by atoms with Gasteiger partial charge in [0.2, 0.25) is 5.89 Å². The summed E-state index contributed by atoms with van der Waals surface area (Å²) >= 11 is 0. The molecule has 0 aliphatic rings. The molecule has 1 atom stereocenters. The lowest BCUT2D eigenvalue weighted by Gasteiger charge is -2.23. The minimum absolute atomic E-state index is 0.391. The fourth-order valence-electron chi connectivity index (χ4n) is 1.43. The molecule has 5 nitrogen and oxygen atoms in total. The zero-order valence-corrected chi connectivity index (χ0v) is 11.1. The van der Waals surface area contributed by atoms with Gasteiger partial charge < -0.3 is 19.2 Å². The summed E-state index contributed by atoms with van der Waals surface area (Å²) in [4.78, 5) is 4.23. The molecule has 5 heteroatoms. The van der Waals surface area contributed by atoms with Gasteiger partial charge in [-0.2, -0.15) is 0 Å². The van der Waals surface area contributed by atoms with Crippen LogP contribution in [0.5, 0.6) is 0 Å². The summed E-state index contributed by atoms with van der Waals surface area (Å²) in [5, 5.41) is 3.18. The molecule has 0 fully saturated rings. The molecule has 1 rings (SSSR count). The lowest BCUT2D eigenvalue weighted by Crippen LogP contribution is -2.22. The highest BCUT2D eigenvalue weighted by Gasteiger charge is 2.28. The van der Waals surface area contributed by atoms with Gasteiger partial charge in [-0.05, 0) is 13.3 Å². The molecule has 0 saturated carbocycles. The minimum Gasteiger partial charge on any atom is -0.441 e. The van der Waals surface area contributed by atoms with E-state index in [1.54, 1.807) is 20.4 Å². The quantitative estimate of drug-likeness (QED) is 0.703. The number of nitrogens with one attached hydrogen (secondary N) is 1. The summed E-state index contributed by atoms with van der Waals surface area (Å²) in [6.45, 7) is 6.12. The van der Waals surface area contributed by atoms with Gasteiger partial charge in [-0.25, -0.2) is 4.98 Å². The molecule has 1 unspecified atom stereocenters. The van der Waals surface area contributed by atoms with E-state index in [1.165, 1.54) is 0 Å². The minimum atomic E-state index is -0.391. The molecule has 98 valence electrons. The molecule has 1 aromatic heterocycles. The highest BCUT2D eigenvalue weighted by atomic mass is 16.5. The molecule has 0 bridgehead atoms. The van der Waals surface area contributed by atoms with Gasteiger partial charge in [-0.1, -0.05) is 6.92 Å². The second-order valence-electron chi connectivity index (χ2n) is 4.08. The molecule has 0 aromatic carbocycles. The molecule has 0 spiro atoms. The summed E-state index contributed by atoms with van der Waals surface area (Å²) < 4.78 is 16.1. The number of hydrogen-bond acceptors (Lipinski definition) is 5. The Hall–Kier alpha value is -0.910. The van der Waals surface area contributed by atoms with Gasteiger partial charge in [0.25, 0.3) is 0 Å². The Labute approximate surface area is 103 Å². The maximum atomic E-state index is 5.67. The highest BCUT2D eigenvalue weighted by molar-refractivity contribution is 5.05. The second-order valence-corrected chi connectivity index (χ2v) is 4.08. The third-order valence-electron chi connectivity index (χ3n) is 2.96. The van der Waals surface area contributed by atoms with Gasteiger partial charge in [0.05, 0.1) is 19.3 Å². The Morgan fingerprint density at radius 1 is 1.47 bits per heavy atom. The summed E-state index contributed by atoms with van der Waals surface area (Å²) in [6.07, 6.45) is 2.58. The molecular weight excluding hydrogens is 220 g/mol. The van der Waals surface area contributed by atoms with Crippen LogP contribution in [0.15, 0.2) is 10.6 Å². The van der Waals surface area contributed by atoms with Gasteiger partial charge in [0.15, 0.2) is 5.76 Å². The van der Waals surface area contributed by atoms with Crippen molar-refractivity contribution in [3.63, 3.8) is 0 Å². The van der Waals surface area contributed by atoms with E-state index in [0.29, 0.717) is 19.0 Å². The Morgan fingerprint density at radius 3 is 2.82 bits per heavy atom. The van der Waals surface area contributed by atoms with Gasteiger partial charge in [-0.3, -0.25) is 0 Å². The number of methoxy groups -OCH3 is 2. The topological polar surface area (TPSA) is 56.5 Å². The predicted octanol–water partition coefficient (Wildman–Crippen LogP) is 1.68. The molecule has 1 N–H and O–H groups in total. The molecule has 17 heavy (non-hydrogen) atoms. The molecule has 0 amide bonds. The first-order valence-electron chi connectivity index (χ1n) is 5.86. The number of hydrogen-bond donors (Lipinski definition) is 1. The van der Waals surface area contributed by atoms with E-state index in [1.807, 2.05) is 6.92 Å². The summed E-state index contributed by atoms with van der Waals surface area (Å²) in [5.41, 5.74) is -0.391. The third-order valence-corrected chi connectivity index (χ3v) is 2.96. The van der Waals surface area contributed by atoms with Crippen molar-refractivity contribution in [3.8, 4) is 0 Å². The van der Waals surface area contributed by atoms with Crippen LogP contribution < -0.4 is 5.32 Å². The molecule has 0 radical (unpaired) electrons. The average Bonchev–Trinajstić information content (AvgIpc) is 2.83. The van der Waals surface area contributed by atoms with Crippen LogP contribution in [0.4, 0.5) is 0 Å². The van der Waals surface area contributed by atoms with E-state index >= 15 is 0 Å². The number of aromatic nitrogens is 1. The van der Waals surface area contributed by atoms with Crippen LogP contribution in [0.3, 0.4) is 0 Å². The maximum absolute atomic E-state index is 5.67. The lowest BCUT2D eigenvalue weighted by molar-refractivity contribution is -0.0198. The lowest BCUT2D eigenvalue weighted by atomic mass is 10.0. The third kappa shape index (κ3) is 3.80. The number of rotatable bonds is 8. The van der Waals surface area contributed by atoms with Crippen molar-refractivity contribution in [2.24, 2.45) is 0 Å². The number of ether oxygens (including phenoxy) is 2. The van der Waals surface area contributed by atoms with Crippen LogP contribution in [-0.4, -0.2) is 32.4 Å². The van der Waals surface area contributed by atoms with Gasteiger partial charge >= 0.3 is 0 Å². The Morgan fingerprint density at radius 2 is 2.24 bits per heavy atom. The van der Waals surface area contributed by atoms with Gasteiger partial charge in [0.1, 0.15) is 5.60 Å². The van der Waals surface area contributed by atoms with Crippen LogP contribution in [0, 0.1) is 0 Å². The first-order valence-corrected chi connectivity index (χ1v) is 5.86. The molecular formula is C12H22N2O3. The van der Waals surface area contributed by atoms with Crippen molar-refractivity contribution >= 4 is 0 Å². The SMILES string of the molecule is CCC(C)(OC)c1cnc(CNCCOC)o1. The van der Waals surface area contributed by atoms with Crippen molar-refractivity contribution in [2.45, 2.75) is 32.4 Å². The standard InChI is InChI=1S/C12H22N2O3/c1-5-12(2,16-4)10-8-14-11(17-10)9-13-6-7-15-3/h8,13H,5-7,9H2,1-4H3. The number of oxazole rings is 1. The fraction of sp³-hybridized carbons (Fsp3) is 0.750. The van der Waals surface area contributed by atoms with Crippen LogP contribution in [-0.2, 0) is 21.6 Å². The highest BCUT2D eigenvalue weighted by Crippen LogP contribution is 2.28. The second kappa shape index (κ2) is 6.74. The maximum Gasteiger partial charge on any atom is 0.208 e. The first-order chi connectivity index (χ1) is 8.16. The Balaban J connectivity index is 2.53. The largest absolute Gasteiger partial charge is 0.441 e. The van der Waals surface area contributed by atoms with Crippen LogP contribution in [0.25, 0.3) is 0 Å². The molecule has 0 saturated heterocycles. The van der Waals surface area contributed by atoms with Gasteiger partial charge in [0, 0.05) is 20.8 Å².